The minimum atomic E-state index is 0. The number of halogens is 1. The van der Waals surface area contributed by atoms with E-state index in [1.54, 1.807) is 0 Å². The number of rotatable bonds is 2. The summed E-state index contributed by atoms with van der Waals surface area (Å²) in [5.74, 6) is 1.76. The predicted octanol–water partition coefficient (Wildman–Crippen LogP) is 2.51. The molecule has 1 saturated heterocycles. The molecule has 5 nitrogen and oxygen atoms in total. The molecule has 1 aromatic rings. The van der Waals surface area contributed by atoms with Gasteiger partial charge in [0.05, 0.1) is 12.4 Å². The van der Waals surface area contributed by atoms with Crippen molar-refractivity contribution in [3.8, 4) is 0 Å². The zero-order chi connectivity index (χ0) is 13.9. The first kappa shape index (κ1) is 16.6. The van der Waals surface area contributed by atoms with Gasteiger partial charge in [-0.05, 0) is 31.6 Å². The molecule has 2 unspecified atom stereocenters. The molecule has 1 saturated carbocycles. The molecule has 2 heterocycles. The Balaban J connectivity index is 0.00000161. The molecule has 1 aromatic heterocycles. The summed E-state index contributed by atoms with van der Waals surface area (Å²) >= 11 is 0. The molecule has 0 bridgehead atoms. The van der Waals surface area contributed by atoms with Gasteiger partial charge >= 0.3 is 0 Å². The molecule has 1 aliphatic heterocycles. The maximum Gasteiger partial charge on any atom is 0.193 e. The molecule has 0 spiro atoms. The van der Waals surface area contributed by atoms with Gasteiger partial charge in [-0.15, -0.1) is 24.0 Å². The largest absolute Gasteiger partial charge is 0.354 e. The second-order valence-corrected chi connectivity index (χ2v) is 6.11. The van der Waals surface area contributed by atoms with Gasteiger partial charge in [0.1, 0.15) is 0 Å². The summed E-state index contributed by atoms with van der Waals surface area (Å²) in [6.07, 6.45) is 11.0. The summed E-state index contributed by atoms with van der Waals surface area (Å²) in [5, 5.41) is 3.60. The van der Waals surface area contributed by atoms with E-state index in [0.717, 1.165) is 19.0 Å². The van der Waals surface area contributed by atoms with E-state index in [1.165, 1.54) is 25.7 Å². The Morgan fingerprint density at radius 1 is 1.33 bits per heavy atom. The lowest BCUT2D eigenvalue weighted by Gasteiger charge is -2.41. The fourth-order valence-corrected chi connectivity index (χ4v) is 3.13. The van der Waals surface area contributed by atoms with Crippen molar-refractivity contribution in [2.75, 3.05) is 20.1 Å². The van der Waals surface area contributed by atoms with Crippen LogP contribution in [0.3, 0.4) is 0 Å². The van der Waals surface area contributed by atoms with Crippen molar-refractivity contribution in [3.63, 3.8) is 0 Å². The Morgan fingerprint density at radius 3 is 2.71 bits per heavy atom. The standard InChI is InChI=1S/C15H25N5.HI/c1-12-6-8-19(10-14(12)20-9-7-17-11-20)15(16-2)18-13-4-3-5-13;/h7,9,11-14H,3-6,8,10H2,1-2H3,(H,16,18);1H. The van der Waals surface area contributed by atoms with Crippen LogP contribution in [0, 0.1) is 5.92 Å². The number of hydrogen-bond donors (Lipinski definition) is 1. The highest BCUT2D eigenvalue weighted by molar-refractivity contribution is 14.0. The van der Waals surface area contributed by atoms with E-state index in [9.17, 15) is 0 Å². The van der Waals surface area contributed by atoms with Gasteiger partial charge in [-0.25, -0.2) is 4.98 Å². The fourth-order valence-electron chi connectivity index (χ4n) is 3.13. The van der Waals surface area contributed by atoms with Crippen LogP contribution in [0.25, 0.3) is 0 Å². The number of aromatic nitrogens is 2. The van der Waals surface area contributed by atoms with Crippen molar-refractivity contribution >= 4 is 29.9 Å². The van der Waals surface area contributed by atoms with Crippen LogP contribution in [0.5, 0.6) is 0 Å². The molecular formula is C15H26IN5. The summed E-state index contributed by atoms with van der Waals surface area (Å²) in [4.78, 5) is 11.1. The normalized spacial score (nSPS) is 27.0. The Hall–Kier alpha value is -0.790. The molecule has 1 N–H and O–H groups in total. The lowest BCUT2D eigenvalue weighted by Crippen LogP contribution is -2.52. The lowest BCUT2D eigenvalue weighted by atomic mass is 9.92. The molecule has 0 amide bonds. The number of aliphatic imine (C=N–C) groups is 1. The highest BCUT2D eigenvalue weighted by Crippen LogP contribution is 2.28. The third-order valence-corrected chi connectivity index (χ3v) is 4.78. The molecule has 1 aliphatic carbocycles. The second-order valence-electron chi connectivity index (χ2n) is 6.11. The van der Waals surface area contributed by atoms with Crippen molar-refractivity contribution in [2.24, 2.45) is 10.9 Å². The van der Waals surface area contributed by atoms with Crippen molar-refractivity contribution in [1.82, 2.24) is 19.8 Å². The van der Waals surface area contributed by atoms with Gasteiger partial charge in [0.25, 0.3) is 0 Å². The zero-order valence-electron chi connectivity index (χ0n) is 12.9. The number of nitrogens with one attached hydrogen (secondary N) is 1. The molecule has 118 valence electrons. The van der Waals surface area contributed by atoms with Gasteiger partial charge in [0, 0.05) is 38.6 Å². The number of likely N-dealkylation sites (tertiary alicyclic amines) is 1. The van der Waals surface area contributed by atoms with E-state index in [-0.39, 0.29) is 24.0 Å². The van der Waals surface area contributed by atoms with Crippen LogP contribution in [0.15, 0.2) is 23.7 Å². The number of imidazole rings is 1. The van der Waals surface area contributed by atoms with Crippen LogP contribution in [0.2, 0.25) is 0 Å². The Morgan fingerprint density at radius 2 is 2.14 bits per heavy atom. The maximum absolute atomic E-state index is 4.48. The molecule has 2 fully saturated rings. The van der Waals surface area contributed by atoms with Crippen molar-refractivity contribution in [2.45, 2.75) is 44.7 Å². The average Bonchev–Trinajstić information content (AvgIpc) is 2.93. The molecule has 3 rings (SSSR count). The number of piperidine rings is 1. The van der Waals surface area contributed by atoms with Gasteiger partial charge in [-0.3, -0.25) is 4.99 Å². The second kappa shape index (κ2) is 7.47. The first-order chi connectivity index (χ1) is 9.78. The van der Waals surface area contributed by atoms with E-state index < -0.39 is 0 Å². The monoisotopic (exact) mass is 403 g/mol. The third-order valence-electron chi connectivity index (χ3n) is 4.78. The van der Waals surface area contributed by atoms with E-state index in [4.69, 9.17) is 0 Å². The van der Waals surface area contributed by atoms with Crippen LogP contribution < -0.4 is 5.32 Å². The van der Waals surface area contributed by atoms with Crippen LogP contribution in [0.4, 0.5) is 0 Å². The predicted molar refractivity (Wildman–Crippen MR) is 96.2 cm³/mol. The summed E-state index contributed by atoms with van der Waals surface area (Å²) in [6, 6.07) is 1.13. The molecule has 2 atom stereocenters. The average molecular weight is 403 g/mol. The number of nitrogens with zero attached hydrogens (tertiary/aromatic N) is 4. The first-order valence-corrected chi connectivity index (χ1v) is 7.73. The minimum Gasteiger partial charge on any atom is -0.354 e. The molecule has 21 heavy (non-hydrogen) atoms. The summed E-state index contributed by atoms with van der Waals surface area (Å²) in [5.41, 5.74) is 0. The van der Waals surface area contributed by atoms with Crippen LogP contribution in [0.1, 0.15) is 38.6 Å². The third kappa shape index (κ3) is 3.70. The Kier molecular flexibility index (Phi) is 5.89. The van der Waals surface area contributed by atoms with Gasteiger partial charge in [0.2, 0.25) is 0 Å². The number of hydrogen-bond acceptors (Lipinski definition) is 2. The molecular weight excluding hydrogens is 377 g/mol. The topological polar surface area (TPSA) is 45.5 Å². The first-order valence-electron chi connectivity index (χ1n) is 7.73. The summed E-state index contributed by atoms with van der Waals surface area (Å²) < 4.78 is 2.24. The minimum absolute atomic E-state index is 0. The van der Waals surface area contributed by atoms with Gasteiger partial charge in [-0.1, -0.05) is 6.92 Å². The van der Waals surface area contributed by atoms with Crippen LogP contribution >= 0.6 is 24.0 Å². The summed E-state index contributed by atoms with van der Waals surface area (Å²) in [7, 11) is 1.89. The number of guanidine groups is 1. The van der Waals surface area contributed by atoms with Crippen molar-refractivity contribution in [3.05, 3.63) is 18.7 Å². The highest BCUT2D eigenvalue weighted by atomic mass is 127. The molecule has 2 aliphatic rings. The smallest absolute Gasteiger partial charge is 0.193 e. The highest BCUT2D eigenvalue weighted by Gasteiger charge is 2.30. The van der Waals surface area contributed by atoms with E-state index in [2.05, 4.69) is 37.9 Å². The molecule has 0 radical (unpaired) electrons. The SMILES string of the molecule is CN=C(NC1CCC1)N1CCC(C)C(n2ccnc2)C1.I. The van der Waals surface area contributed by atoms with E-state index in [1.807, 2.05) is 19.6 Å². The Bertz CT molecular complexity index is 455. The fraction of sp³-hybridized carbons (Fsp3) is 0.733. The Labute approximate surface area is 144 Å². The van der Waals surface area contributed by atoms with E-state index >= 15 is 0 Å². The van der Waals surface area contributed by atoms with Crippen molar-refractivity contribution in [1.29, 1.82) is 0 Å². The quantitative estimate of drug-likeness (QED) is 0.469. The summed E-state index contributed by atoms with van der Waals surface area (Å²) in [6.45, 7) is 4.45. The zero-order valence-corrected chi connectivity index (χ0v) is 15.2. The maximum atomic E-state index is 4.48. The molecule has 0 aromatic carbocycles. The van der Waals surface area contributed by atoms with Gasteiger partial charge in [-0.2, -0.15) is 0 Å². The van der Waals surface area contributed by atoms with Crippen molar-refractivity contribution < 1.29 is 0 Å². The van der Waals surface area contributed by atoms with Gasteiger partial charge < -0.3 is 14.8 Å². The van der Waals surface area contributed by atoms with E-state index in [0.29, 0.717) is 18.0 Å². The van der Waals surface area contributed by atoms with Crippen LogP contribution in [-0.4, -0.2) is 46.6 Å². The van der Waals surface area contributed by atoms with Gasteiger partial charge in [0.15, 0.2) is 5.96 Å². The lowest BCUT2D eigenvalue weighted by molar-refractivity contribution is 0.186. The van der Waals surface area contributed by atoms with Crippen LogP contribution in [-0.2, 0) is 0 Å². The molecule has 6 heteroatoms.